The third-order valence-electron chi connectivity index (χ3n) is 3.75. The van der Waals surface area contributed by atoms with Crippen LogP contribution in [-0.4, -0.2) is 17.4 Å². The molecule has 1 amide bonds. The molecule has 18 heavy (non-hydrogen) atoms. The summed E-state index contributed by atoms with van der Waals surface area (Å²) in [6.07, 6.45) is 7.13. The average Bonchev–Trinajstić information content (AvgIpc) is 2.82. The van der Waals surface area contributed by atoms with Crippen LogP contribution >= 0.6 is 11.3 Å². The third-order valence-corrected chi connectivity index (χ3v) is 4.67. The van der Waals surface area contributed by atoms with Gasteiger partial charge in [-0.2, -0.15) is 0 Å². The molecule has 1 aliphatic carbocycles. The average molecular weight is 267 g/mol. The molecule has 0 aromatic carbocycles. The van der Waals surface area contributed by atoms with Crippen LogP contribution in [0.1, 0.15) is 42.0 Å². The Morgan fingerprint density at radius 2 is 2.22 bits per heavy atom. The third kappa shape index (κ3) is 2.90. The molecule has 5 heteroatoms. The quantitative estimate of drug-likeness (QED) is 0.876. The van der Waals surface area contributed by atoms with E-state index in [0.717, 1.165) is 30.7 Å². The van der Waals surface area contributed by atoms with Crippen LogP contribution in [0.25, 0.3) is 0 Å². The number of nitrogens with one attached hydrogen (secondary N) is 1. The van der Waals surface area contributed by atoms with E-state index in [-0.39, 0.29) is 11.3 Å². The van der Waals surface area contributed by atoms with Crippen molar-refractivity contribution in [3.8, 4) is 0 Å². The first-order valence-electron chi connectivity index (χ1n) is 6.56. The lowest BCUT2D eigenvalue weighted by atomic mass is 9.73. The second-order valence-electron chi connectivity index (χ2n) is 5.09. The van der Waals surface area contributed by atoms with Gasteiger partial charge in [-0.15, -0.1) is 11.3 Å². The smallest absolute Gasteiger partial charge is 0.227 e. The molecule has 1 aliphatic rings. The number of carbonyl (C=O) groups excluding carboxylic acids is 1. The van der Waals surface area contributed by atoms with E-state index >= 15 is 0 Å². The van der Waals surface area contributed by atoms with Gasteiger partial charge in [-0.3, -0.25) is 4.79 Å². The summed E-state index contributed by atoms with van der Waals surface area (Å²) in [5.74, 6) is 0.109. The van der Waals surface area contributed by atoms with Crippen LogP contribution in [0.3, 0.4) is 0 Å². The summed E-state index contributed by atoms with van der Waals surface area (Å²) in [5, 5.41) is 3.96. The predicted molar refractivity (Wildman–Crippen MR) is 73.3 cm³/mol. The first-order chi connectivity index (χ1) is 8.66. The fourth-order valence-electron chi connectivity index (χ4n) is 2.58. The lowest BCUT2D eigenvalue weighted by Crippen LogP contribution is -2.46. The normalized spacial score (nSPS) is 18.6. The molecule has 1 saturated carbocycles. The molecule has 3 N–H and O–H groups in total. The zero-order valence-corrected chi connectivity index (χ0v) is 11.7. The van der Waals surface area contributed by atoms with Gasteiger partial charge in [-0.05, 0) is 19.8 Å². The molecule has 1 heterocycles. The van der Waals surface area contributed by atoms with Gasteiger partial charge >= 0.3 is 0 Å². The molecule has 2 rings (SSSR count). The van der Waals surface area contributed by atoms with Crippen LogP contribution in [0.15, 0.2) is 6.20 Å². The van der Waals surface area contributed by atoms with Crippen LogP contribution in [-0.2, 0) is 11.3 Å². The zero-order valence-electron chi connectivity index (χ0n) is 10.9. The first-order valence-corrected chi connectivity index (χ1v) is 7.38. The van der Waals surface area contributed by atoms with Crippen molar-refractivity contribution in [3.05, 3.63) is 16.1 Å². The minimum atomic E-state index is -0.329. The van der Waals surface area contributed by atoms with Crippen molar-refractivity contribution in [3.63, 3.8) is 0 Å². The number of nitrogens with two attached hydrogens (primary N) is 1. The molecule has 1 fully saturated rings. The number of thiazole rings is 1. The summed E-state index contributed by atoms with van der Waals surface area (Å²) in [6.45, 7) is 3.00. The Bertz CT molecular complexity index is 410. The molecule has 0 unspecified atom stereocenters. The fourth-order valence-corrected chi connectivity index (χ4v) is 3.31. The number of aromatic nitrogens is 1. The molecule has 0 aliphatic heterocycles. The van der Waals surface area contributed by atoms with E-state index in [9.17, 15) is 4.79 Å². The molecule has 0 spiro atoms. The highest BCUT2D eigenvalue weighted by atomic mass is 32.1. The Morgan fingerprint density at radius 1 is 1.50 bits per heavy atom. The Hall–Kier alpha value is -0.940. The minimum absolute atomic E-state index is 0.109. The van der Waals surface area contributed by atoms with E-state index in [1.165, 1.54) is 11.3 Å². The van der Waals surface area contributed by atoms with Gasteiger partial charge in [0.15, 0.2) is 0 Å². The number of hydrogen-bond acceptors (Lipinski definition) is 4. The van der Waals surface area contributed by atoms with Crippen LogP contribution in [0, 0.1) is 12.3 Å². The van der Waals surface area contributed by atoms with Crippen LogP contribution in [0.5, 0.6) is 0 Å². The maximum absolute atomic E-state index is 12.3. The van der Waals surface area contributed by atoms with E-state index in [1.807, 2.05) is 13.1 Å². The van der Waals surface area contributed by atoms with Crippen molar-refractivity contribution < 1.29 is 4.79 Å². The van der Waals surface area contributed by atoms with Crippen molar-refractivity contribution in [2.45, 2.75) is 45.6 Å². The Labute approximate surface area is 112 Å². The van der Waals surface area contributed by atoms with Crippen molar-refractivity contribution in [2.24, 2.45) is 11.1 Å². The van der Waals surface area contributed by atoms with Gasteiger partial charge in [0.1, 0.15) is 5.01 Å². The van der Waals surface area contributed by atoms with E-state index < -0.39 is 0 Å². The van der Waals surface area contributed by atoms with E-state index in [4.69, 9.17) is 5.73 Å². The van der Waals surface area contributed by atoms with Gasteiger partial charge < -0.3 is 11.1 Å². The summed E-state index contributed by atoms with van der Waals surface area (Å²) < 4.78 is 0. The first kappa shape index (κ1) is 13.5. The van der Waals surface area contributed by atoms with Gasteiger partial charge in [-0.1, -0.05) is 19.3 Å². The SMILES string of the molecule is Cc1cnc(CNC(=O)C2(CN)CCCCC2)s1. The lowest BCUT2D eigenvalue weighted by molar-refractivity contribution is -0.132. The summed E-state index contributed by atoms with van der Waals surface area (Å²) >= 11 is 1.63. The second kappa shape index (κ2) is 5.80. The van der Waals surface area contributed by atoms with E-state index in [0.29, 0.717) is 13.1 Å². The molecule has 100 valence electrons. The topological polar surface area (TPSA) is 68.0 Å². The number of rotatable bonds is 4. The molecule has 1 aromatic rings. The molecule has 0 saturated heterocycles. The number of nitrogens with zero attached hydrogens (tertiary/aromatic N) is 1. The van der Waals surface area contributed by atoms with Crippen molar-refractivity contribution in [1.82, 2.24) is 10.3 Å². The van der Waals surface area contributed by atoms with Gasteiger partial charge in [0.2, 0.25) is 5.91 Å². The highest BCUT2D eigenvalue weighted by molar-refractivity contribution is 7.11. The monoisotopic (exact) mass is 267 g/mol. The summed E-state index contributed by atoms with van der Waals surface area (Å²) in [7, 11) is 0. The predicted octanol–water partition coefficient (Wildman–Crippen LogP) is 1.98. The molecule has 1 aromatic heterocycles. The molecule has 0 atom stereocenters. The summed E-state index contributed by atoms with van der Waals surface area (Å²) in [4.78, 5) is 17.7. The number of aryl methyl sites for hydroxylation is 1. The Morgan fingerprint density at radius 3 is 2.78 bits per heavy atom. The van der Waals surface area contributed by atoms with Crippen LogP contribution in [0.2, 0.25) is 0 Å². The van der Waals surface area contributed by atoms with Gasteiger partial charge in [0, 0.05) is 17.6 Å². The Balaban J connectivity index is 1.93. The molecule has 0 radical (unpaired) electrons. The number of hydrogen-bond donors (Lipinski definition) is 2. The largest absolute Gasteiger partial charge is 0.349 e. The summed E-state index contributed by atoms with van der Waals surface area (Å²) in [6, 6.07) is 0. The van der Waals surface area contributed by atoms with Crippen LogP contribution < -0.4 is 11.1 Å². The molecule has 0 bridgehead atoms. The second-order valence-corrected chi connectivity index (χ2v) is 6.41. The minimum Gasteiger partial charge on any atom is -0.349 e. The van der Waals surface area contributed by atoms with Crippen molar-refractivity contribution in [1.29, 1.82) is 0 Å². The highest BCUT2D eigenvalue weighted by Gasteiger charge is 2.37. The maximum Gasteiger partial charge on any atom is 0.227 e. The Kier molecular flexibility index (Phi) is 4.35. The van der Waals surface area contributed by atoms with Gasteiger partial charge in [0.25, 0.3) is 0 Å². The van der Waals surface area contributed by atoms with Gasteiger partial charge in [-0.25, -0.2) is 4.98 Å². The maximum atomic E-state index is 12.3. The van der Waals surface area contributed by atoms with E-state index in [2.05, 4.69) is 10.3 Å². The lowest BCUT2D eigenvalue weighted by Gasteiger charge is -2.34. The molecule has 4 nitrogen and oxygen atoms in total. The molecular formula is C13H21N3OS. The zero-order chi connectivity index (χ0) is 13.0. The summed E-state index contributed by atoms with van der Waals surface area (Å²) in [5.41, 5.74) is 5.51. The molecular weight excluding hydrogens is 246 g/mol. The van der Waals surface area contributed by atoms with Crippen molar-refractivity contribution >= 4 is 17.2 Å². The van der Waals surface area contributed by atoms with Gasteiger partial charge in [0.05, 0.1) is 12.0 Å². The number of carbonyl (C=O) groups is 1. The number of amides is 1. The highest BCUT2D eigenvalue weighted by Crippen LogP contribution is 2.35. The van der Waals surface area contributed by atoms with Crippen molar-refractivity contribution in [2.75, 3.05) is 6.54 Å². The fraction of sp³-hybridized carbons (Fsp3) is 0.692. The van der Waals surface area contributed by atoms with Crippen LogP contribution in [0.4, 0.5) is 0 Å². The standard InChI is InChI=1S/C13H21N3OS/c1-10-7-15-11(18-10)8-16-12(17)13(9-14)5-3-2-4-6-13/h7H,2-6,8-9,14H2,1H3,(H,16,17). The van der Waals surface area contributed by atoms with E-state index in [1.54, 1.807) is 11.3 Å².